The number of nitrogens with zero attached hydrogens (tertiary/aromatic N) is 1. The summed E-state index contributed by atoms with van der Waals surface area (Å²) in [7, 11) is 3.21. The summed E-state index contributed by atoms with van der Waals surface area (Å²) in [6.45, 7) is 2.00. The van der Waals surface area contributed by atoms with E-state index >= 15 is 0 Å². The average Bonchev–Trinajstić information content (AvgIpc) is 2.79. The van der Waals surface area contributed by atoms with Gasteiger partial charge in [0.25, 0.3) is 0 Å². The van der Waals surface area contributed by atoms with E-state index in [2.05, 4.69) is 5.16 Å². The normalized spacial score (nSPS) is 10.4. The third kappa shape index (κ3) is 2.11. The molecule has 0 unspecified atom stereocenters. The van der Waals surface area contributed by atoms with E-state index in [0.717, 1.165) is 17.5 Å². The molecule has 96 valence electrons. The van der Waals surface area contributed by atoms with Gasteiger partial charge in [-0.25, -0.2) is 0 Å². The molecule has 0 aliphatic rings. The smallest absolute Gasteiger partial charge is 0.172 e. The molecule has 0 radical (unpaired) electrons. The number of anilines is 1. The number of benzene rings is 1. The van der Waals surface area contributed by atoms with Crippen LogP contribution in [0.4, 0.5) is 5.82 Å². The van der Waals surface area contributed by atoms with E-state index in [0.29, 0.717) is 23.1 Å². The van der Waals surface area contributed by atoms with Gasteiger partial charge in [-0.05, 0) is 18.6 Å². The molecule has 0 saturated carbocycles. The predicted octanol–water partition coefficient (Wildman–Crippen LogP) is 2.50. The van der Waals surface area contributed by atoms with Crippen LogP contribution in [0, 0.1) is 0 Å². The highest BCUT2D eigenvalue weighted by atomic mass is 16.5. The van der Waals surface area contributed by atoms with Gasteiger partial charge < -0.3 is 19.7 Å². The molecule has 0 spiro atoms. The van der Waals surface area contributed by atoms with Gasteiger partial charge in [-0.1, -0.05) is 12.1 Å². The first-order chi connectivity index (χ1) is 8.69. The lowest BCUT2D eigenvalue weighted by Crippen LogP contribution is -1.92. The minimum absolute atomic E-state index is 0.425. The summed E-state index contributed by atoms with van der Waals surface area (Å²) in [4.78, 5) is 0. The van der Waals surface area contributed by atoms with E-state index in [1.807, 2.05) is 19.1 Å². The van der Waals surface area contributed by atoms with Crippen LogP contribution in [0.25, 0.3) is 11.3 Å². The Labute approximate surface area is 105 Å². The molecule has 0 saturated heterocycles. The minimum atomic E-state index is 0.425. The number of hydrogen-bond donors (Lipinski definition) is 1. The van der Waals surface area contributed by atoms with Gasteiger partial charge in [-0.2, -0.15) is 0 Å². The number of nitrogen functional groups attached to an aromatic ring is 1. The van der Waals surface area contributed by atoms with Crippen molar-refractivity contribution in [1.82, 2.24) is 5.16 Å². The van der Waals surface area contributed by atoms with Crippen LogP contribution in [-0.2, 0) is 6.42 Å². The molecule has 0 aliphatic carbocycles. The average molecular weight is 248 g/mol. The van der Waals surface area contributed by atoms with Gasteiger partial charge in [-0.3, -0.25) is 0 Å². The maximum atomic E-state index is 5.76. The van der Waals surface area contributed by atoms with Crippen molar-refractivity contribution < 1.29 is 14.0 Å². The largest absolute Gasteiger partial charge is 0.497 e. The molecule has 1 heterocycles. The zero-order valence-electron chi connectivity index (χ0n) is 10.7. The highest BCUT2D eigenvalue weighted by Gasteiger charge is 2.15. The lowest BCUT2D eigenvalue weighted by atomic mass is 10.1. The molecule has 18 heavy (non-hydrogen) atoms. The van der Waals surface area contributed by atoms with Crippen molar-refractivity contribution in [2.24, 2.45) is 0 Å². The minimum Gasteiger partial charge on any atom is -0.497 e. The van der Waals surface area contributed by atoms with Crippen LogP contribution in [0.2, 0.25) is 0 Å². The summed E-state index contributed by atoms with van der Waals surface area (Å²) in [5.74, 6) is 2.48. The van der Waals surface area contributed by atoms with Crippen LogP contribution >= 0.6 is 0 Å². The summed E-state index contributed by atoms with van der Waals surface area (Å²) in [5, 5.41) is 3.80. The highest BCUT2D eigenvalue weighted by Crippen LogP contribution is 2.33. The second-order valence-electron chi connectivity index (χ2n) is 3.83. The fraction of sp³-hybridized carbons (Fsp3) is 0.308. The first kappa shape index (κ1) is 12.3. The quantitative estimate of drug-likeness (QED) is 0.900. The van der Waals surface area contributed by atoms with Gasteiger partial charge in [0, 0.05) is 17.2 Å². The predicted molar refractivity (Wildman–Crippen MR) is 68.8 cm³/mol. The molecule has 5 heteroatoms. The molecule has 1 aromatic heterocycles. The summed E-state index contributed by atoms with van der Waals surface area (Å²) < 4.78 is 15.7. The van der Waals surface area contributed by atoms with Crippen LogP contribution in [0.5, 0.6) is 11.5 Å². The van der Waals surface area contributed by atoms with Crippen LogP contribution in [-0.4, -0.2) is 19.4 Å². The SMILES string of the molecule is CCc1c(N)noc1-c1cc(OC)cc(OC)c1. The van der Waals surface area contributed by atoms with Crippen molar-refractivity contribution in [3.8, 4) is 22.8 Å². The van der Waals surface area contributed by atoms with Gasteiger partial charge in [-0.15, -0.1) is 0 Å². The third-order valence-corrected chi connectivity index (χ3v) is 2.79. The zero-order chi connectivity index (χ0) is 13.1. The Bertz CT molecular complexity index is 527. The van der Waals surface area contributed by atoms with E-state index in [1.54, 1.807) is 20.3 Å². The van der Waals surface area contributed by atoms with Crippen LogP contribution in [0.3, 0.4) is 0 Å². The van der Waals surface area contributed by atoms with Crippen molar-refractivity contribution in [1.29, 1.82) is 0 Å². The van der Waals surface area contributed by atoms with E-state index in [1.165, 1.54) is 0 Å². The Kier molecular flexibility index (Phi) is 3.41. The summed E-state index contributed by atoms with van der Waals surface area (Å²) in [6, 6.07) is 5.53. The second kappa shape index (κ2) is 5.00. The third-order valence-electron chi connectivity index (χ3n) is 2.79. The molecular formula is C13H16N2O3. The molecule has 0 aliphatic heterocycles. The Morgan fingerprint density at radius 1 is 1.17 bits per heavy atom. The van der Waals surface area contributed by atoms with Crippen molar-refractivity contribution in [3.63, 3.8) is 0 Å². The summed E-state index contributed by atoms with van der Waals surface area (Å²) in [5.41, 5.74) is 7.50. The van der Waals surface area contributed by atoms with Crippen LogP contribution in [0.15, 0.2) is 22.7 Å². The van der Waals surface area contributed by atoms with Crippen LogP contribution < -0.4 is 15.2 Å². The highest BCUT2D eigenvalue weighted by molar-refractivity contribution is 5.69. The maximum absolute atomic E-state index is 5.76. The van der Waals surface area contributed by atoms with Gasteiger partial charge in [0.2, 0.25) is 0 Å². The second-order valence-corrected chi connectivity index (χ2v) is 3.83. The molecule has 0 amide bonds. The standard InChI is InChI=1S/C13H16N2O3/c1-4-11-12(18-15-13(11)14)8-5-9(16-2)7-10(6-8)17-3/h5-7H,4H2,1-3H3,(H2,14,15). The van der Waals surface area contributed by atoms with E-state index in [4.69, 9.17) is 19.7 Å². The van der Waals surface area contributed by atoms with E-state index < -0.39 is 0 Å². The Morgan fingerprint density at radius 3 is 2.28 bits per heavy atom. The molecular weight excluding hydrogens is 232 g/mol. The molecule has 1 aromatic carbocycles. The molecule has 0 bridgehead atoms. The Balaban J connectivity index is 2.55. The number of nitrogens with two attached hydrogens (primary N) is 1. The fourth-order valence-electron chi connectivity index (χ4n) is 1.83. The maximum Gasteiger partial charge on any atom is 0.172 e. The number of methoxy groups -OCH3 is 2. The number of aromatic nitrogens is 1. The Morgan fingerprint density at radius 2 is 1.78 bits per heavy atom. The van der Waals surface area contributed by atoms with Gasteiger partial charge in [0.05, 0.1) is 14.2 Å². The molecule has 0 atom stereocenters. The fourth-order valence-corrected chi connectivity index (χ4v) is 1.83. The topological polar surface area (TPSA) is 70.5 Å². The van der Waals surface area contributed by atoms with Crippen molar-refractivity contribution >= 4 is 5.82 Å². The first-order valence-electron chi connectivity index (χ1n) is 5.67. The molecule has 2 rings (SSSR count). The summed E-state index contributed by atoms with van der Waals surface area (Å²) in [6.07, 6.45) is 0.754. The monoisotopic (exact) mass is 248 g/mol. The Hall–Kier alpha value is -2.17. The van der Waals surface area contributed by atoms with Gasteiger partial charge >= 0.3 is 0 Å². The first-order valence-corrected chi connectivity index (χ1v) is 5.67. The molecule has 2 N–H and O–H groups in total. The van der Waals surface area contributed by atoms with E-state index in [9.17, 15) is 0 Å². The number of ether oxygens (including phenoxy) is 2. The van der Waals surface area contributed by atoms with E-state index in [-0.39, 0.29) is 0 Å². The molecule has 2 aromatic rings. The molecule has 5 nitrogen and oxygen atoms in total. The lowest BCUT2D eigenvalue weighted by molar-refractivity contribution is 0.393. The number of rotatable bonds is 4. The van der Waals surface area contributed by atoms with Gasteiger partial charge in [0.1, 0.15) is 11.5 Å². The van der Waals surface area contributed by atoms with Crippen molar-refractivity contribution in [2.75, 3.05) is 20.0 Å². The van der Waals surface area contributed by atoms with Crippen LogP contribution in [0.1, 0.15) is 12.5 Å². The summed E-state index contributed by atoms with van der Waals surface area (Å²) >= 11 is 0. The van der Waals surface area contributed by atoms with Crippen molar-refractivity contribution in [3.05, 3.63) is 23.8 Å². The zero-order valence-corrected chi connectivity index (χ0v) is 10.7. The molecule has 0 fully saturated rings. The lowest BCUT2D eigenvalue weighted by Gasteiger charge is -2.07. The van der Waals surface area contributed by atoms with Crippen molar-refractivity contribution in [2.45, 2.75) is 13.3 Å². The van der Waals surface area contributed by atoms with Gasteiger partial charge in [0.15, 0.2) is 11.6 Å². The number of hydrogen-bond acceptors (Lipinski definition) is 5.